The maximum absolute atomic E-state index is 5.61. The van der Waals surface area contributed by atoms with Crippen molar-refractivity contribution in [3.63, 3.8) is 0 Å². The Bertz CT molecular complexity index is 1110. The summed E-state index contributed by atoms with van der Waals surface area (Å²) in [5.74, 6) is 1.68. The van der Waals surface area contributed by atoms with E-state index >= 15 is 0 Å². The van der Waals surface area contributed by atoms with Crippen LogP contribution in [-0.2, 0) is 0 Å². The van der Waals surface area contributed by atoms with Crippen molar-refractivity contribution >= 4 is 22.9 Å². The second kappa shape index (κ2) is 8.01. The smallest absolute Gasteiger partial charge is 0.126 e. The van der Waals surface area contributed by atoms with Crippen LogP contribution in [0.25, 0.3) is 34.1 Å². The largest absolute Gasteiger partial charge is 0.496 e. The zero-order valence-electron chi connectivity index (χ0n) is 16.1. The number of methoxy groups -OCH3 is 2. The summed E-state index contributed by atoms with van der Waals surface area (Å²) in [5, 5.41) is 2.08. The van der Waals surface area contributed by atoms with E-state index in [0.29, 0.717) is 0 Å². The lowest BCUT2D eigenvalue weighted by molar-refractivity contribution is 0.410. The number of hydrogen-bond donors (Lipinski definition) is 0. The summed E-state index contributed by atoms with van der Waals surface area (Å²) in [6.07, 6.45) is 4.30. The summed E-state index contributed by atoms with van der Waals surface area (Å²) in [7, 11) is 3.40. The van der Waals surface area contributed by atoms with E-state index < -0.39 is 0 Å². The first-order valence-electron chi connectivity index (χ1n) is 9.27. The molecule has 0 radical (unpaired) electrons. The van der Waals surface area contributed by atoms with Crippen LogP contribution in [0.3, 0.4) is 0 Å². The standard InChI is InChI=1S/C26H22O2/c1-27-25-15-16-26(28-2)24-18-22(20-11-7-4-8-12-20)21(17-23(24)25)14-13-19-9-5-3-6-10-19/h3-18H,1-2H3/b14-13+. The molecule has 28 heavy (non-hydrogen) atoms. The summed E-state index contributed by atoms with van der Waals surface area (Å²) in [5.41, 5.74) is 4.63. The van der Waals surface area contributed by atoms with Gasteiger partial charge in [-0.2, -0.15) is 0 Å². The van der Waals surface area contributed by atoms with Gasteiger partial charge in [0.25, 0.3) is 0 Å². The fraction of sp³-hybridized carbons (Fsp3) is 0.0769. The van der Waals surface area contributed by atoms with Gasteiger partial charge in [-0.25, -0.2) is 0 Å². The van der Waals surface area contributed by atoms with Crippen molar-refractivity contribution in [3.8, 4) is 22.6 Å². The van der Waals surface area contributed by atoms with Crippen LogP contribution < -0.4 is 9.47 Å². The van der Waals surface area contributed by atoms with E-state index in [0.717, 1.165) is 33.4 Å². The van der Waals surface area contributed by atoms with Gasteiger partial charge in [0.1, 0.15) is 11.5 Å². The van der Waals surface area contributed by atoms with Crippen LogP contribution in [0, 0.1) is 0 Å². The van der Waals surface area contributed by atoms with Crippen molar-refractivity contribution in [2.45, 2.75) is 0 Å². The molecule has 2 nitrogen and oxygen atoms in total. The van der Waals surface area contributed by atoms with Crippen LogP contribution >= 0.6 is 0 Å². The molecule has 0 saturated carbocycles. The molecule has 0 aromatic heterocycles. The van der Waals surface area contributed by atoms with E-state index in [2.05, 4.69) is 60.7 Å². The average molecular weight is 366 g/mol. The minimum Gasteiger partial charge on any atom is -0.496 e. The topological polar surface area (TPSA) is 18.5 Å². The van der Waals surface area contributed by atoms with E-state index in [-0.39, 0.29) is 0 Å². The molecule has 0 aliphatic heterocycles. The van der Waals surface area contributed by atoms with Gasteiger partial charge in [-0.3, -0.25) is 0 Å². The molecule has 4 rings (SSSR count). The van der Waals surface area contributed by atoms with Gasteiger partial charge in [-0.05, 0) is 46.5 Å². The summed E-state index contributed by atoms with van der Waals surface area (Å²) >= 11 is 0. The second-order valence-electron chi connectivity index (χ2n) is 6.57. The molecule has 0 aliphatic carbocycles. The molecule has 0 amide bonds. The fourth-order valence-corrected chi connectivity index (χ4v) is 3.47. The van der Waals surface area contributed by atoms with E-state index in [4.69, 9.17) is 9.47 Å². The number of rotatable bonds is 5. The molecule has 138 valence electrons. The van der Waals surface area contributed by atoms with Gasteiger partial charge in [0.15, 0.2) is 0 Å². The molecular formula is C26H22O2. The first kappa shape index (κ1) is 17.9. The third-order valence-electron chi connectivity index (χ3n) is 4.89. The highest BCUT2D eigenvalue weighted by Gasteiger charge is 2.12. The van der Waals surface area contributed by atoms with Crippen LogP contribution in [0.15, 0.2) is 84.9 Å². The minimum atomic E-state index is 0.838. The van der Waals surface area contributed by atoms with E-state index in [1.165, 1.54) is 11.1 Å². The molecule has 0 fully saturated rings. The fourth-order valence-electron chi connectivity index (χ4n) is 3.47. The van der Waals surface area contributed by atoms with Crippen LogP contribution in [0.2, 0.25) is 0 Å². The van der Waals surface area contributed by atoms with E-state index in [1.54, 1.807) is 14.2 Å². The van der Waals surface area contributed by atoms with Gasteiger partial charge < -0.3 is 9.47 Å². The maximum atomic E-state index is 5.61. The Labute approximate surface area is 165 Å². The lowest BCUT2D eigenvalue weighted by atomic mass is 9.94. The van der Waals surface area contributed by atoms with Gasteiger partial charge >= 0.3 is 0 Å². The van der Waals surface area contributed by atoms with E-state index in [1.807, 2.05) is 36.4 Å². The van der Waals surface area contributed by atoms with Gasteiger partial charge in [-0.15, -0.1) is 0 Å². The summed E-state index contributed by atoms with van der Waals surface area (Å²) in [6.45, 7) is 0. The molecule has 0 aliphatic rings. The van der Waals surface area contributed by atoms with Gasteiger partial charge in [0, 0.05) is 10.8 Å². The number of hydrogen-bond acceptors (Lipinski definition) is 2. The molecule has 0 atom stereocenters. The second-order valence-corrected chi connectivity index (χ2v) is 6.57. The van der Waals surface area contributed by atoms with Crippen LogP contribution in [0.4, 0.5) is 0 Å². The van der Waals surface area contributed by atoms with E-state index in [9.17, 15) is 0 Å². The van der Waals surface area contributed by atoms with Crippen molar-refractivity contribution in [2.75, 3.05) is 14.2 Å². The number of fused-ring (bicyclic) bond motifs is 1. The Morgan fingerprint density at radius 1 is 0.607 bits per heavy atom. The molecule has 0 spiro atoms. The molecule has 0 unspecified atom stereocenters. The Hall–Kier alpha value is -3.52. The lowest BCUT2D eigenvalue weighted by Crippen LogP contribution is -1.92. The highest BCUT2D eigenvalue weighted by atomic mass is 16.5. The maximum Gasteiger partial charge on any atom is 0.126 e. The van der Waals surface area contributed by atoms with Crippen molar-refractivity contribution in [1.29, 1.82) is 0 Å². The summed E-state index contributed by atoms with van der Waals surface area (Å²) in [4.78, 5) is 0. The number of ether oxygens (including phenoxy) is 2. The Balaban J connectivity index is 1.96. The van der Waals surface area contributed by atoms with Crippen molar-refractivity contribution in [3.05, 3.63) is 96.1 Å². The minimum absolute atomic E-state index is 0.838. The van der Waals surface area contributed by atoms with Crippen LogP contribution in [-0.4, -0.2) is 14.2 Å². The van der Waals surface area contributed by atoms with Crippen molar-refractivity contribution in [1.82, 2.24) is 0 Å². The first-order valence-corrected chi connectivity index (χ1v) is 9.27. The van der Waals surface area contributed by atoms with Crippen LogP contribution in [0.1, 0.15) is 11.1 Å². The molecule has 2 heteroatoms. The van der Waals surface area contributed by atoms with Gasteiger partial charge in [0.05, 0.1) is 14.2 Å². The van der Waals surface area contributed by atoms with Gasteiger partial charge in [-0.1, -0.05) is 72.8 Å². The third kappa shape index (κ3) is 3.49. The Morgan fingerprint density at radius 3 is 1.79 bits per heavy atom. The Morgan fingerprint density at radius 2 is 1.18 bits per heavy atom. The van der Waals surface area contributed by atoms with Crippen molar-refractivity contribution < 1.29 is 9.47 Å². The van der Waals surface area contributed by atoms with Crippen LogP contribution in [0.5, 0.6) is 11.5 Å². The molecule has 4 aromatic rings. The summed E-state index contributed by atoms with van der Waals surface area (Å²) in [6, 6.07) is 29.0. The molecule has 0 saturated heterocycles. The quantitative estimate of drug-likeness (QED) is 0.366. The molecule has 0 N–H and O–H groups in total. The lowest BCUT2D eigenvalue weighted by Gasteiger charge is -2.14. The zero-order chi connectivity index (χ0) is 19.3. The average Bonchev–Trinajstić information content (AvgIpc) is 2.77. The predicted molar refractivity (Wildman–Crippen MR) is 118 cm³/mol. The van der Waals surface area contributed by atoms with Crippen molar-refractivity contribution in [2.24, 2.45) is 0 Å². The first-order chi connectivity index (χ1) is 13.8. The third-order valence-corrected chi connectivity index (χ3v) is 4.89. The summed E-state index contributed by atoms with van der Waals surface area (Å²) < 4.78 is 11.2. The normalized spacial score (nSPS) is 11.1. The van der Waals surface area contributed by atoms with Gasteiger partial charge in [0.2, 0.25) is 0 Å². The zero-order valence-corrected chi connectivity index (χ0v) is 16.1. The molecule has 0 bridgehead atoms. The molecular weight excluding hydrogens is 344 g/mol. The highest BCUT2D eigenvalue weighted by molar-refractivity contribution is 6.00. The molecule has 4 aromatic carbocycles. The molecule has 0 heterocycles. The highest BCUT2D eigenvalue weighted by Crippen LogP contribution is 2.38. The predicted octanol–water partition coefficient (Wildman–Crippen LogP) is 6.69. The Kier molecular flexibility index (Phi) is 5.11. The number of benzene rings is 4. The monoisotopic (exact) mass is 366 g/mol. The SMILES string of the molecule is COc1ccc(OC)c2cc(-c3ccccc3)c(/C=C/c3ccccc3)cc12.